The van der Waals surface area contributed by atoms with E-state index < -0.39 is 35.4 Å². The second-order valence-corrected chi connectivity index (χ2v) is 7.51. The SMILES string of the molecule is Nc1nccc(Oc2ccc(NC(=O)C3CNC(=O)N(c4ccc(F)cc4)C3=O)cc2F)c1Cl. The van der Waals surface area contributed by atoms with Gasteiger partial charge in [0.1, 0.15) is 22.6 Å². The maximum absolute atomic E-state index is 14.6. The zero-order valence-corrected chi connectivity index (χ0v) is 18.0. The third kappa shape index (κ3) is 4.59. The van der Waals surface area contributed by atoms with Gasteiger partial charge in [0, 0.05) is 30.6 Å². The molecule has 2 aromatic carbocycles. The number of urea groups is 1. The molecular weight excluding hydrogens is 472 g/mol. The monoisotopic (exact) mass is 487 g/mol. The van der Waals surface area contributed by atoms with Gasteiger partial charge in [-0.2, -0.15) is 0 Å². The molecule has 1 aromatic heterocycles. The lowest BCUT2D eigenvalue weighted by Crippen LogP contribution is -2.58. The van der Waals surface area contributed by atoms with E-state index in [0.29, 0.717) is 0 Å². The fourth-order valence-corrected chi connectivity index (χ4v) is 3.33. The average molecular weight is 488 g/mol. The summed E-state index contributed by atoms with van der Waals surface area (Å²) in [5.74, 6) is -4.31. The topological polar surface area (TPSA) is 127 Å². The van der Waals surface area contributed by atoms with Crippen molar-refractivity contribution in [1.29, 1.82) is 0 Å². The van der Waals surface area contributed by atoms with Gasteiger partial charge in [-0.05, 0) is 36.4 Å². The molecule has 1 atom stereocenters. The number of pyridine rings is 1. The Morgan fingerprint density at radius 3 is 2.59 bits per heavy atom. The van der Waals surface area contributed by atoms with Crippen LogP contribution in [0.4, 0.5) is 30.8 Å². The van der Waals surface area contributed by atoms with Gasteiger partial charge in [0.15, 0.2) is 17.3 Å². The third-order valence-corrected chi connectivity index (χ3v) is 5.26. The van der Waals surface area contributed by atoms with Crippen LogP contribution in [0.5, 0.6) is 11.5 Å². The first-order chi connectivity index (χ1) is 16.2. The van der Waals surface area contributed by atoms with Gasteiger partial charge >= 0.3 is 6.03 Å². The van der Waals surface area contributed by atoms with E-state index in [4.69, 9.17) is 22.1 Å². The highest BCUT2D eigenvalue weighted by atomic mass is 35.5. The molecule has 1 fully saturated rings. The van der Waals surface area contributed by atoms with Crippen LogP contribution in [0.15, 0.2) is 54.7 Å². The van der Waals surface area contributed by atoms with Crippen molar-refractivity contribution in [2.24, 2.45) is 5.92 Å². The Labute approximate surface area is 196 Å². The molecule has 3 aromatic rings. The summed E-state index contributed by atoms with van der Waals surface area (Å²) in [5, 5.41) is 4.90. The van der Waals surface area contributed by atoms with Crippen molar-refractivity contribution in [1.82, 2.24) is 10.3 Å². The molecule has 4 N–H and O–H groups in total. The number of imide groups is 1. The van der Waals surface area contributed by atoms with Crippen LogP contribution < -0.4 is 26.0 Å². The molecule has 1 aliphatic heterocycles. The standard InChI is InChI=1S/C22H16ClF2N5O4/c23-18-17(7-8-27-19(18)26)34-16-6-3-12(9-15(16)25)29-20(31)14-10-28-22(33)30(21(14)32)13-4-1-11(24)2-5-13/h1-9,14H,10H2,(H2,26,27)(H,28,33)(H,29,31). The molecule has 9 nitrogen and oxygen atoms in total. The summed E-state index contributed by atoms with van der Waals surface area (Å²) in [4.78, 5) is 42.3. The van der Waals surface area contributed by atoms with Gasteiger partial charge in [-0.15, -0.1) is 0 Å². The minimum atomic E-state index is -1.29. The number of hydrogen-bond acceptors (Lipinski definition) is 6. The van der Waals surface area contributed by atoms with Crippen molar-refractivity contribution in [2.75, 3.05) is 22.5 Å². The molecule has 0 saturated carbocycles. The number of nitrogens with two attached hydrogens (primary N) is 1. The van der Waals surface area contributed by atoms with Crippen LogP contribution in [0.25, 0.3) is 0 Å². The third-order valence-electron chi connectivity index (χ3n) is 4.88. The van der Waals surface area contributed by atoms with Crippen LogP contribution in [0.1, 0.15) is 0 Å². The van der Waals surface area contributed by atoms with Gasteiger partial charge in [0.05, 0.1) is 5.69 Å². The van der Waals surface area contributed by atoms with Crippen LogP contribution in [-0.4, -0.2) is 29.4 Å². The van der Waals surface area contributed by atoms with Crippen molar-refractivity contribution >= 4 is 46.6 Å². The number of amides is 4. The van der Waals surface area contributed by atoms with Crippen LogP contribution in [0, 0.1) is 17.6 Å². The Kier molecular flexibility index (Phi) is 6.28. The number of aromatic nitrogens is 1. The Balaban J connectivity index is 1.48. The molecule has 1 aliphatic rings. The first kappa shape index (κ1) is 22.9. The summed E-state index contributed by atoms with van der Waals surface area (Å²) in [6, 6.07) is 8.92. The van der Waals surface area contributed by atoms with Gasteiger partial charge in [-0.3, -0.25) is 9.59 Å². The van der Waals surface area contributed by atoms with E-state index >= 15 is 0 Å². The van der Waals surface area contributed by atoms with Crippen molar-refractivity contribution in [2.45, 2.75) is 0 Å². The zero-order chi connectivity index (χ0) is 24.4. The van der Waals surface area contributed by atoms with Gasteiger partial charge in [-0.25, -0.2) is 23.5 Å². The highest BCUT2D eigenvalue weighted by Crippen LogP contribution is 2.34. The summed E-state index contributed by atoms with van der Waals surface area (Å²) in [7, 11) is 0. The Hall–Kier alpha value is -4.25. The van der Waals surface area contributed by atoms with Crippen LogP contribution in [0.2, 0.25) is 5.02 Å². The molecule has 12 heteroatoms. The van der Waals surface area contributed by atoms with Gasteiger partial charge in [0.2, 0.25) is 11.8 Å². The number of benzene rings is 2. The van der Waals surface area contributed by atoms with Crippen LogP contribution in [0.3, 0.4) is 0 Å². The Morgan fingerprint density at radius 1 is 1.15 bits per heavy atom. The minimum absolute atomic E-state index is 0.0161. The molecule has 0 radical (unpaired) electrons. The first-order valence-corrected chi connectivity index (χ1v) is 10.2. The number of carbonyl (C=O) groups is 3. The molecule has 0 bridgehead atoms. The fraction of sp³-hybridized carbons (Fsp3) is 0.0909. The van der Waals surface area contributed by atoms with Gasteiger partial charge in [-0.1, -0.05) is 11.6 Å². The van der Waals surface area contributed by atoms with Gasteiger partial charge in [0.25, 0.3) is 0 Å². The molecule has 2 heterocycles. The number of nitrogens with one attached hydrogen (secondary N) is 2. The average Bonchev–Trinajstić information content (AvgIpc) is 2.80. The zero-order valence-electron chi connectivity index (χ0n) is 17.2. The number of ether oxygens (including phenoxy) is 1. The molecule has 1 saturated heterocycles. The van der Waals surface area contributed by atoms with E-state index in [-0.39, 0.29) is 40.3 Å². The highest BCUT2D eigenvalue weighted by Gasteiger charge is 2.39. The molecule has 174 valence electrons. The quantitative estimate of drug-likeness (QED) is 0.471. The predicted molar refractivity (Wildman–Crippen MR) is 120 cm³/mol. The largest absolute Gasteiger partial charge is 0.453 e. The molecule has 4 rings (SSSR count). The van der Waals surface area contributed by atoms with Crippen molar-refractivity contribution in [3.63, 3.8) is 0 Å². The number of rotatable bonds is 5. The number of hydrogen-bond donors (Lipinski definition) is 3. The summed E-state index contributed by atoms with van der Waals surface area (Å²) in [5.41, 5.74) is 5.75. The van der Waals surface area contributed by atoms with Crippen molar-refractivity contribution in [3.8, 4) is 11.5 Å². The molecule has 4 amide bonds. The molecule has 34 heavy (non-hydrogen) atoms. The fourth-order valence-electron chi connectivity index (χ4n) is 3.18. The summed E-state index contributed by atoms with van der Waals surface area (Å²) in [6.07, 6.45) is 1.35. The minimum Gasteiger partial charge on any atom is -0.453 e. The lowest BCUT2D eigenvalue weighted by Gasteiger charge is -2.30. The molecular formula is C22H16ClF2N5O4. The number of carbonyl (C=O) groups excluding carboxylic acids is 3. The van der Waals surface area contributed by atoms with Crippen LogP contribution >= 0.6 is 11.6 Å². The molecule has 0 spiro atoms. The van der Waals surface area contributed by atoms with E-state index in [1.807, 2.05) is 0 Å². The Bertz CT molecular complexity index is 1290. The van der Waals surface area contributed by atoms with Crippen LogP contribution in [-0.2, 0) is 9.59 Å². The maximum Gasteiger partial charge on any atom is 0.328 e. The number of nitrogen functional groups attached to an aromatic ring is 1. The second-order valence-electron chi connectivity index (χ2n) is 7.13. The Morgan fingerprint density at radius 2 is 1.88 bits per heavy atom. The van der Waals surface area contributed by atoms with E-state index in [9.17, 15) is 23.2 Å². The van der Waals surface area contributed by atoms with E-state index in [0.717, 1.165) is 23.1 Å². The van der Waals surface area contributed by atoms with E-state index in [1.54, 1.807) is 0 Å². The first-order valence-electron chi connectivity index (χ1n) is 9.80. The van der Waals surface area contributed by atoms with Gasteiger partial charge < -0.3 is 21.1 Å². The molecule has 1 unspecified atom stereocenters. The maximum atomic E-state index is 14.6. The van der Waals surface area contributed by atoms with Crippen molar-refractivity contribution < 1.29 is 27.9 Å². The lowest BCUT2D eigenvalue weighted by molar-refractivity contribution is -0.130. The van der Waals surface area contributed by atoms with E-state index in [1.165, 1.54) is 36.5 Å². The second kappa shape index (κ2) is 9.32. The number of nitrogens with zero attached hydrogens (tertiary/aromatic N) is 2. The highest BCUT2D eigenvalue weighted by molar-refractivity contribution is 6.34. The van der Waals surface area contributed by atoms with E-state index in [2.05, 4.69) is 15.6 Å². The number of halogens is 3. The number of anilines is 3. The summed E-state index contributed by atoms with van der Waals surface area (Å²) >= 11 is 5.99. The summed E-state index contributed by atoms with van der Waals surface area (Å²) in [6.45, 7) is -0.257. The summed E-state index contributed by atoms with van der Waals surface area (Å²) < 4.78 is 33.2. The van der Waals surface area contributed by atoms with Crippen molar-refractivity contribution in [3.05, 3.63) is 71.4 Å². The lowest BCUT2D eigenvalue weighted by atomic mass is 10.0. The molecule has 0 aliphatic carbocycles. The normalized spacial score (nSPS) is 15.6. The predicted octanol–water partition coefficient (Wildman–Crippen LogP) is 3.70. The smallest absolute Gasteiger partial charge is 0.328 e.